The van der Waals surface area contributed by atoms with Crippen molar-refractivity contribution < 1.29 is 0 Å². The van der Waals surface area contributed by atoms with E-state index in [1.165, 1.54) is 65.0 Å². The number of hydrogen-bond acceptors (Lipinski definition) is 0. The lowest BCUT2D eigenvalue weighted by molar-refractivity contribution is 1.47. The van der Waals surface area contributed by atoms with E-state index in [0.29, 0.717) is 0 Å². The summed E-state index contributed by atoms with van der Waals surface area (Å²) >= 11 is 7.25. The zero-order valence-electron chi connectivity index (χ0n) is 16.3. The maximum Gasteiger partial charge on any atom is 0.0283 e. The second kappa shape index (κ2) is 7.08. The molecule has 0 radical (unpaired) electrons. The number of alkyl halides is 2. The fraction of sp³-hybridized carbons (Fsp3) is 0.0714. The number of hydrogen-bond donors (Lipinski definition) is 0. The Labute approximate surface area is 191 Å². The molecule has 6 rings (SSSR count). The predicted octanol–water partition coefficient (Wildman–Crippen LogP) is 9.24. The summed E-state index contributed by atoms with van der Waals surface area (Å²) in [6, 6.07) is 31.7. The Kier molecular flexibility index (Phi) is 4.33. The SMILES string of the molecule is BrCc1ccc2ccc3ccc4c(ccc5ccc6ccc(CBr)cc6c54)c3c2c1. The number of benzene rings is 6. The van der Waals surface area contributed by atoms with Crippen LogP contribution in [0.25, 0.3) is 53.9 Å². The molecule has 0 bridgehead atoms. The summed E-state index contributed by atoms with van der Waals surface area (Å²) in [6.07, 6.45) is 0. The minimum atomic E-state index is 0.868. The van der Waals surface area contributed by atoms with E-state index >= 15 is 0 Å². The molecular formula is C28H18Br2. The Bertz CT molecular complexity index is 1490. The summed E-state index contributed by atoms with van der Waals surface area (Å²) < 4.78 is 0. The molecule has 144 valence electrons. The molecule has 0 aliphatic carbocycles. The fourth-order valence-corrected chi connectivity index (χ4v) is 5.47. The largest absolute Gasteiger partial charge is 0.0876 e. The van der Waals surface area contributed by atoms with Crippen molar-refractivity contribution in [3.8, 4) is 0 Å². The topological polar surface area (TPSA) is 0 Å². The van der Waals surface area contributed by atoms with Gasteiger partial charge in [0.1, 0.15) is 0 Å². The summed E-state index contributed by atoms with van der Waals surface area (Å²) in [5.41, 5.74) is 2.61. The van der Waals surface area contributed by atoms with Crippen LogP contribution >= 0.6 is 31.9 Å². The summed E-state index contributed by atoms with van der Waals surface area (Å²) in [7, 11) is 0. The maximum atomic E-state index is 3.63. The van der Waals surface area contributed by atoms with Crippen molar-refractivity contribution >= 4 is 85.7 Å². The Morgan fingerprint density at radius 1 is 0.400 bits per heavy atom. The highest BCUT2D eigenvalue weighted by Crippen LogP contribution is 2.38. The predicted molar refractivity (Wildman–Crippen MR) is 139 cm³/mol. The number of halogens is 2. The first kappa shape index (κ1) is 18.4. The molecular weight excluding hydrogens is 496 g/mol. The third-order valence-corrected chi connectivity index (χ3v) is 7.53. The lowest BCUT2D eigenvalue weighted by Gasteiger charge is -2.13. The van der Waals surface area contributed by atoms with Gasteiger partial charge < -0.3 is 0 Å². The summed E-state index contributed by atoms with van der Waals surface area (Å²) in [5, 5.41) is 14.9. The van der Waals surface area contributed by atoms with Gasteiger partial charge in [-0.25, -0.2) is 0 Å². The Morgan fingerprint density at radius 2 is 0.767 bits per heavy atom. The van der Waals surface area contributed by atoms with Gasteiger partial charge in [0, 0.05) is 10.7 Å². The molecule has 2 heteroatoms. The van der Waals surface area contributed by atoms with E-state index in [4.69, 9.17) is 0 Å². The van der Waals surface area contributed by atoms with Crippen LogP contribution < -0.4 is 0 Å². The maximum absolute atomic E-state index is 3.63. The zero-order valence-corrected chi connectivity index (χ0v) is 19.4. The van der Waals surface area contributed by atoms with Gasteiger partial charge in [0.25, 0.3) is 0 Å². The lowest BCUT2D eigenvalue weighted by atomic mass is 9.91. The van der Waals surface area contributed by atoms with Crippen molar-refractivity contribution in [3.05, 3.63) is 96.1 Å². The van der Waals surface area contributed by atoms with E-state index in [9.17, 15) is 0 Å². The highest BCUT2D eigenvalue weighted by atomic mass is 79.9. The third kappa shape index (κ3) is 2.71. The standard InChI is InChI=1S/C28H18Br2/c29-15-17-1-3-19-5-7-21-9-12-24-23(27(21)25(19)13-17)11-10-22-8-6-20-4-2-18(16-30)14-26(20)28(22)24/h1-14H,15-16H2. The molecule has 0 saturated heterocycles. The normalized spacial score (nSPS) is 11.9. The van der Waals surface area contributed by atoms with E-state index < -0.39 is 0 Å². The van der Waals surface area contributed by atoms with Gasteiger partial charge in [0.05, 0.1) is 0 Å². The van der Waals surface area contributed by atoms with E-state index in [0.717, 1.165) is 10.7 Å². The van der Waals surface area contributed by atoms with Crippen LogP contribution in [0.15, 0.2) is 84.9 Å². The molecule has 0 atom stereocenters. The van der Waals surface area contributed by atoms with E-state index in [1.807, 2.05) is 0 Å². The number of fused-ring (bicyclic) bond motifs is 9. The minimum absolute atomic E-state index is 0.868. The highest BCUT2D eigenvalue weighted by Gasteiger charge is 2.11. The van der Waals surface area contributed by atoms with Crippen LogP contribution in [0, 0.1) is 0 Å². The van der Waals surface area contributed by atoms with Gasteiger partial charge in [-0.3, -0.25) is 0 Å². The van der Waals surface area contributed by atoms with Crippen LogP contribution in [0.4, 0.5) is 0 Å². The van der Waals surface area contributed by atoms with Crippen LogP contribution in [0.5, 0.6) is 0 Å². The van der Waals surface area contributed by atoms with Crippen LogP contribution in [-0.4, -0.2) is 0 Å². The quantitative estimate of drug-likeness (QED) is 0.160. The van der Waals surface area contributed by atoms with Crippen molar-refractivity contribution in [3.63, 3.8) is 0 Å². The summed E-state index contributed by atoms with van der Waals surface area (Å²) in [5.74, 6) is 0. The molecule has 6 aromatic carbocycles. The van der Waals surface area contributed by atoms with Crippen molar-refractivity contribution in [1.29, 1.82) is 0 Å². The number of rotatable bonds is 2. The van der Waals surface area contributed by atoms with Crippen molar-refractivity contribution in [2.24, 2.45) is 0 Å². The van der Waals surface area contributed by atoms with Gasteiger partial charge in [0.15, 0.2) is 0 Å². The molecule has 6 aromatic rings. The Balaban J connectivity index is 1.85. The molecule has 0 heterocycles. The van der Waals surface area contributed by atoms with Gasteiger partial charge in [-0.2, -0.15) is 0 Å². The van der Waals surface area contributed by atoms with Crippen LogP contribution in [0.2, 0.25) is 0 Å². The Morgan fingerprint density at radius 3 is 1.20 bits per heavy atom. The van der Waals surface area contributed by atoms with Crippen LogP contribution in [0.3, 0.4) is 0 Å². The fourth-order valence-electron chi connectivity index (χ4n) is 4.77. The molecule has 0 aliphatic rings. The first-order chi connectivity index (χ1) is 14.8. The van der Waals surface area contributed by atoms with Gasteiger partial charge in [-0.05, 0) is 77.1 Å². The first-order valence-corrected chi connectivity index (χ1v) is 12.4. The van der Waals surface area contributed by atoms with Crippen molar-refractivity contribution in [2.75, 3.05) is 0 Å². The average Bonchev–Trinajstić information content (AvgIpc) is 2.82. The van der Waals surface area contributed by atoms with Crippen molar-refractivity contribution in [1.82, 2.24) is 0 Å². The first-order valence-electron chi connectivity index (χ1n) is 10.1. The van der Waals surface area contributed by atoms with Gasteiger partial charge in [-0.15, -0.1) is 0 Å². The third-order valence-electron chi connectivity index (χ3n) is 6.23. The van der Waals surface area contributed by atoms with Gasteiger partial charge >= 0.3 is 0 Å². The average molecular weight is 514 g/mol. The molecule has 0 spiro atoms. The van der Waals surface area contributed by atoms with E-state index in [1.54, 1.807) is 0 Å². The Hall–Kier alpha value is -2.42. The molecule has 0 saturated carbocycles. The van der Waals surface area contributed by atoms with Gasteiger partial charge in [0.2, 0.25) is 0 Å². The van der Waals surface area contributed by atoms with E-state index in [-0.39, 0.29) is 0 Å². The van der Waals surface area contributed by atoms with Crippen LogP contribution in [0.1, 0.15) is 11.1 Å². The zero-order chi connectivity index (χ0) is 20.2. The molecule has 0 aromatic heterocycles. The van der Waals surface area contributed by atoms with E-state index in [2.05, 4.69) is 117 Å². The molecule has 0 aliphatic heterocycles. The molecule has 0 nitrogen and oxygen atoms in total. The molecule has 30 heavy (non-hydrogen) atoms. The minimum Gasteiger partial charge on any atom is -0.0876 e. The molecule has 0 unspecified atom stereocenters. The molecule has 0 amide bonds. The smallest absolute Gasteiger partial charge is 0.0283 e. The molecule has 0 fully saturated rings. The second-order valence-corrected chi connectivity index (χ2v) is 9.05. The summed E-state index contributed by atoms with van der Waals surface area (Å²) in [4.78, 5) is 0. The lowest BCUT2D eigenvalue weighted by Crippen LogP contribution is -1.86. The van der Waals surface area contributed by atoms with Gasteiger partial charge in [-0.1, -0.05) is 105 Å². The molecule has 0 N–H and O–H groups in total. The highest BCUT2D eigenvalue weighted by molar-refractivity contribution is 9.08. The summed E-state index contributed by atoms with van der Waals surface area (Å²) in [6.45, 7) is 0. The monoisotopic (exact) mass is 512 g/mol. The van der Waals surface area contributed by atoms with Crippen molar-refractivity contribution in [2.45, 2.75) is 10.7 Å². The second-order valence-electron chi connectivity index (χ2n) is 7.93. The van der Waals surface area contributed by atoms with Crippen LogP contribution in [-0.2, 0) is 10.7 Å².